The van der Waals surface area contributed by atoms with Crippen molar-refractivity contribution in [3.05, 3.63) is 58.9 Å². The molecule has 0 atom stereocenters. The maximum atomic E-state index is 13.0. The standard InChI is InChI=1S/C23H29FN4OS/c1-16-13-18(3)21(14-17(16)2)26-23(30)28-10-4-9-27(11-12-28)15-22(29)25-20-7-5-19(24)6-8-20/h5-8,13-14H,4,9-12,15H2,1-3H3,(H,25,29)(H,26,30). The molecule has 1 aliphatic heterocycles. The van der Waals surface area contributed by atoms with E-state index in [4.69, 9.17) is 12.2 Å². The summed E-state index contributed by atoms with van der Waals surface area (Å²) in [5.74, 6) is -0.414. The summed E-state index contributed by atoms with van der Waals surface area (Å²) in [6.07, 6.45) is 0.928. The van der Waals surface area contributed by atoms with Crippen LogP contribution in [0.5, 0.6) is 0 Å². The minimum absolute atomic E-state index is 0.0958. The average molecular weight is 429 g/mol. The first-order valence-electron chi connectivity index (χ1n) is 10.2. The summed E-state index contributed by atoms with van der Waals surface area (Å²) in [4.78, 5) is 16.6. The van der Waals surface area contributed by atoms with Gasteiger partial charge in [0.15, 0.2) is 5.11 Å². The van der Waals surface area contributed by atoms with Gasteiger partial charge in [-0.3, -0.25) is 9.69 Å². The molecule has 0 radical (unpaired) electrons. The van der Waals surface area contributed by atoms with Crippen molar-refractivity contribution >= 4 is 34.6 Å². The first-order chi connectivity index (χ1) is 14.3. The number of hydrogen-bond donors (Lipinski definition) is 2. The Morgan fingerprint density at radius 3 is 2.40 bits per heavy atom. The highest BCUT2D eigenvalue weighted by atomic mass is 32.1. The molecule has 2 aromatic rings. The minimum atomic E-state index is -0.318. The van der Waals surface area contributed by atoms with Crippen molar-refractivity contribution in [2.45, 2.75) is 27.2 Å². The van der Waals surface area contributed by atoms with Crippen molar-refractivity contribution in [2.24, 2.45) is 0 Å². The van der Waals surface area contributed by atoms with E-state index in [9.17, 15) is 9.18 Å². The van der Waals surface area contributed by atoms with Crippen LogP contribution < -0.4 is 10.6 Å². The topological polar surface area (TPSA) is 47.6 Å². The van der Waals surface area contributed by atoms with Gasteiger partial charge in [-0.15, -0.1) is 0 Å². The van der Waals surface area contributed by atoms with Gasteiger partial charge in [-0.2, -0.15) is 0 Å². The predicted octanol–water partition coefficient (Wildman–Crippen LogP) is 4.09. The molecule has 0 unspecified atom stereocenters. The Morgan fingerprint density at radius 1 is 0.967 bits per heavy atom. The molecule has 30 heavy (non-hydrogen) atoms. The molecule has 0 saturated carbocycles. The lowest BCUT2D eigenvalue weighted by molar-refractivity contribution is -0.117. The van der Waals surface area contributed by atoms with Crippen LogP contribution in [0.4, 0.5) is 15.8 Å². The van der Waals surface area contributed by atoms with Crippen molar-refractivity contribution in [1.29, 1.82) is 0 Å². The second-order valence-electron chi connectivity index (χ2n) is 7.85. The number of thiocarbonyl (C=S) groups is 1. The van der Waals surface area contributed by atoms with E-state index >= 15 is 0 Å². The summed E-state index contributed by atoms with van der Waals surface area (Å²) in [5, 5.41) is 6.94. The van der Waals surface area contributed by atoms with Gasteiger partial charge in [0.2, 0.25) is 5.91 Å². The Labute approximate surface area is 183 Å². The van der Waals surface area contributed by atoms with Crippen molar-refractivity contribution in [1.82, 2.24) is 9.80 Å². The van der Waals surface area contributed by atoms with Gasteiger partial charge in [0, 0.05) is 37.6 Å². The zero-order valence-electron chi connectivity index (χ0n) is 17.8. The fourth-order valence-electron chi connectivity index (χ4n) is 3.56. The van der Waals surface area contributed by atoms with Gasteiger partial charge < -0.3 is 15.5 Å². The highest BCUT2D eigenvalue weighted by Crippen LogP contribution is 2.21. The maximum Gasteiger partial charge on any atom is 0.238 e. The molecule has 1 fully saturated rings. The average Bonchev–Trinajstić information content (AvgIpc) is 2.93. The van der Waals surface area contributed by atoms with E-state index in [2.05, 4.69) is 53.3 Å². The van der Waals surface area contributed by atoms with E-state index in [1.807, 2.05) is 0 Å². The van der Waals surface area contributed by atoms with Crippen LogP contribution in [-0.2, 0) is 4.79 Å². The van der Waals surface area contributed by atoms with E-state index in [0.29, 0.717) is 12.2 Å². The van der Waals surface area contributed by atoms with Crippen LogP contribution in [0.25, 0.3) is 0 Å². The molecule has 2 N–H and O–H groups in total. The number of amides is 1. The fraction of sp³-hybridized carbons (Fsp3) is 0.391. The Kier molecular flexibility index (Phi) is 7.39. The van der Waals surface area contributed by atoms with Crippen molar-refractivity contribution in [2.75, 3.05) is 43.4 Å². The number of rotatable bonds is 4. The van der Waals surface area contributed by atoms with Gasteiger partial charge in [0.05, 0.1) is 6.54 Å². The van der Waals surface area contributed by atoms with E-state index in [0.717, 1.165) is 43.4 Å². The van der Waals surface area contributed by atoms with Crippen molar-refractivity contribution in [3.63, 3.8) is 0 Å². The number of halogens is 1. The third kappa shape index (κ3) is 6.00. The van der Waals surface area contributed by atoms with Gasteiger partial charge >= 0.3 is 0 Å². The summed E-state index contributed by atoms with van der Waals surface area (Å²) < 4.78 is 13.0. The van der Waals surface area contributed by atoms with Crippen LogP contribution >= 0.6 is 12.2 Å². The molecule has 1 aliphatic rings. The monoisotopic (exact) mass is 428 g/mol. The van der Waals surface area contributed by atoms with Gasteiger partial charge in [0.25, 0.3) is 0 Å². The second-order valence-corrected chi connectivity index (χ2v) is 8.24. The smallest absolute Gasteiger partial charge is 0.238 e. The normalized spacial score (nSPS) is 14.9. The largest absolute Gasteiger partial charge is 0.348 e. The number of hydrogen-bond acceptors (Lipinski definition) is 3. The van der Waals surface area contributed by atoms with Gasteiger partial charge in [-0.05, 0) is 86.4 Å². The first kappa shape index (κ1) is 22.2. The minimum Gasteiger partial charge on any atom is -0.348 e. The highest BCUT2D eigenvalue weighted by molar-refractivity contribution is 7.80. The van der Waals surface area contributed by atoms with Crippen LogP contribution in [0.1, 0.15) is 23.1 Å². The second kappa shape index (κ2) is 10.00. The number of nitrogens with one attached hydrogen (secondary N) is 2. The summed E-state index contributed by atoms with van der Waals surface area (Å²) in [6, 6.07) is 10.1. The molecule has 0 aliphatic carbocycles. The molecule has 0 spiro atoms. The molecule has 160 valence electrons. The first-order valence-corrected chi connectivity index (χ1v) is 10.6. The molecule has 2 aromatic carbocycles. The zero-order chi connectivity index (χ0) is 21.7. The Morgan fingerprint density at radius 2 is 1.67 bits per heavy atom. The van der Waals surface area contributed by atoms with Gasteiger partial charge in [-0.1, -0.05) is 6.07 Å². The molecule has 0 aromatic heterocycles. The van der Waals surface area contributed by atoms with E-state index in [-0.39, 0.29) is 11.7 Å². The zero-order valence-corrected chi connectivity index (χ0v) is 18.6. The van der Waals surface area contributed by atoms with E-state index in [1.165, 1.54) is 28.8 Å². The molecule has 1 saturated heterocycles. The fourth-order valence-corrected chi connectivity index (χ4v) is 3.85. The molecule has 5 nitrogen and oxygen atoms in total. The summed E-state index contributed by atoms with van der Waals surface area (Å²) in [5.41, 5.74) is 5.33. The Bertz CT molecular complexity index is 916. The van der Waals surface area contributed by atoms with Crippen molar-refractivity contribution in [3.8, 4) is 0 Å². The summed E-state index contributed by atoms with van der Waals surface area (Å²) in [7, 11) is 0. The molecule has 1 heterocycles. The van der Waals surface area contributed by atoms with Crippen LogP contribution in [0.15, 0.2) is 36.4 Å². The lowest BCUT2D eigenvalue weighted by Gasteiger charge is -2.25. The summed E-state index contributed by atoms with van der Waals surface area (Å²) >= 11 is 5.66. The number of aryl methyl sites for hydroxylation is 3. The lowest BCUT2D eigenvalue weighted by atomic mass is 10.1. The number of anilines is 2. The SMILES string of the molecule is Cc1cc(C)c(NC(=S)N2CCCN(CC(=O)Nc3ccc(F)cc3)CC2)cc1C. The number of carbonyl (C=O) groups is 1. The third-order valence-electron chi connectivity index (χ3n) is 5.45. The Balaban J connectivity index is 1.51. The highest BCUT2D eigenvalue weighted by Gasteiger charge is 2.19. The van der Waals surface area contributed by atoms with E-state index in [1.54, 1.807) is 12.1 Å². The predicted molar refractivity (Wildman–Crippen MR) is 125 cm³/mol. The van der Waals surface area contributed by atoms with Crippen LogP contribution in [0.3, 0.4) is 0 Å². The molecule has 3 rings (SSSR count). The van der Waals surface area contributed by atoms with Gasteiger partial charge in [0.1, 0.15) is 5.82 Å². The lowest BCUT2D eigenvalue weighted by Crippen LogP contribution is -2.39. The number of carbonyl (C=O) groups excluding carboxylic acids is 1. The maximum absolute atomic E-state index is 13.0. The summed E-state index contributed by atoms with van der Waals surface area (Å²) in [6.45, 7) is 9.81. The third-order valence-corrected chi connectivity index (χ3v) is 5.81. The quantitative estimate of drug-likeness (QED) is 0.719. The Hall–Kier alpha value is -2.51. The van der Waals surface area contributed by atoms with Gasteiger partial charge in [-0.25, -0.2) is 4.39 Å². The molecule has 7 heteroatoms. The van der Waals surface area contributed by atoms with E-state index < -0.39 is 0 Å². The van der Waals surface area contributed by atoms with Crippen LogP contribution in [-0.4, -0.2) is 53.5 Å². The van der Waals surface area contributed by atoms with Crippen LogP contribution in [0, 0.1) is 26.6 Å². The number of nitrogens with zero attached hydrogens (tertiary/aromatic N) is 2. The number of benzene rings is 2. The van der Waals surface area contributed by atoms with Crippen molar-refractivity contribution < 1.29 is 9.18 Å². The van der Waals surface area contributed by atoms with Crippen LogP contribution in [0.2, 0.25) is 0 Å². The molecular formula is C23H29FN4OS. The molecular weight excluding hydrogens is 399 g/mol. The molecule has 1 amide bonds. The molecule has 0 bridgehead atoms.